The van der Waals surface area contributed by atoms with Crippen LogP contribution in [0.25, 0.3) is 11.4 Å². The Labute approximate surface area is 140 Å². The number of aromatic nitrogens is 2. The van der Waals surface area contributed by atoms with E-state index in [9.17, 15) is 4.39 Å². The molecule has 1 aromatic carbocycles. The first-order valence-corrected chi connectivity index (χ1v) is 8.03. The Morgan fingerprint density at radius 3 is 2.29 bits per heavy atom. The number of benzene rings is 1. The second kappa shape index (κ2) is 6.01. The van der Waals surface area contributed by atoms with Gasteiger partial charge in [0, 0.05) is 22.5 Å². The van der Waals surface area contributed by atoms with Crippen molar-refractivity contribution in [3.63, 3.8) is 0 Å². The molecule has 0 amide bonds. The van der Waals surface area contributed by atoms with Crippen molar-refractivity contribution in [3.8, 4) is 11.4 Å². The molecule has 112 valence electrons. The van der Waals surface area contributed by atoms with Gasteiger partial charge in [0.15, 0.2) is 5.82 Å². The molecular weight excluding hydrogens is 401 g/mol. The summed E-state index contributed by atoms with van der Waals surface area (Å²) in [4.78, 5) is 9.08. The first-order chi connectivity index (χ1) is 9.72. The number of nitrogens with zero attached hydrogens (tertiary/aromatic N) is 2. The van der Waals surface area contributed by atoms with Crippen LogP contribution in [0, 0.1) is 5.82 Å². The fourth-order valence-corrected chi connectivity index (χ4v) is 3.36. The van der Waals surface area contributed by atoms with Crippen molar-refractivity contribution in [2.45, 2.75) is 26.2 Å². The molecule has 2 aromatic rings. The smallest absolute Gasteiger partial charge is 0.162 e. The highest BCUT2D eigenvalue weighted by molar-refractivity contribution is 9.11. The van der Waals surface area contributed by atoms with Gasteiger partial charge in [0.05, 0.1) is 10.2 Å². The van der Waals surface area contributed by atoms with Gasteiger partial charge >= 0.3 is 0 Å². The third-order valence-electron chi connectivity index (χ3n) is 2.92. The monoisotopic (exact) mass is 415 g/mol. The van der Waals surface area contributed by atoms with E-state index in [4.69, 9.17) is 0 Å². The number of rotatable bonds is 2. The third kappa shape index (κ3) is 3.61. The summed E-state index contributed by atoms with van der Waals surface area (Å²) in [5, 5.41) is 3.04. The Balaban J connectivity index is 2.69. The van der Waals surface area contributed by atoms with Crippen LogP contribution in [-0.4, -0.2) is 17.0 Å². The zero-order valence-corrected chi connectivity index (χ0v) is 15.4. The van der Waals surface area contributed by atoms with Gasteiger partial charge in [0.25, 0.3) is 0 Å². The number of nitrogens with one attached hydrogen (secondary N) is 1. The van der Waals surface area contributed by atoms with E-state index in [1.807, 2.05) is 0 Å². The second-order valence-electron chi connectivity index (χ2n) is 5.72. The molecule has 1 heterocycles. The van der Waals surface area contributed by atoms with Gasteiger partial charge in [-0.25, -0.2) is 14.4 Å². The molecule has 3 nitrogen and oxygen atoms in total. The molecule has 0 bridgehead atoms. The van der Waals surface area contributed by atoms with Crippen molar-refractivity contribution in [3.05, 3.63) is 38.7 Å². The van der Waals surface area contributed by atoms with Gasteiger partial charge in [-0.3, -0.25) is 0 Å². The lowest BCUT2D eigenvalue weighted by Gasteiger charge is -2.21. The lowest BCUT2D eigenvalue weighted by atomic mass is 9.91. The van der Waals surface area contributed by atoms with Crippen molar-refractivity contribution < 1.29 is 4.39 Å². The molecule has 1 N–H and O–H groups in total. The van der Waals surface area contributed by atoms with Gasteiger partial charge in [0.1, 0.15) is 11.6 Å². The summed E-state index contributed by atoms with van der Waals surface area (Å²) in [6.45, 7) is 6.22. The fourth-order valence-electron chi connectivity index (χ4n) is 1.92. The maximum atomic E-state index is 13.6. The van der Waals surface area contributed by atoms with E-state index >= 15 is 0 Å². The highest BCUT2D eigenvalue weighted by Crippen LogP contribution is 2.34. The molecule has 0 fully saturated rings. The lowest BCUT2D eigenvalue weighted by Crippen LogP contribution is -2.17. The number of halogens is 3. The molecule has 6 heteroatoms. The van der Waals surface area contributed by atoms with Crippen molar-refractivity contribution in [2.24, 2.45) is 0 Å². The van der Waals surface area contributed by atoms with Crippen LogP contribution < -0.4 is 5.32 Å². The first-order valence-electron chi connectivity index (χ1n) is 6.44. The summed E-state index contributed by atoms with van der Waals surface area (Å²) in [5.74, 6) is 0.854. The van der Waals surface area contributed by atoms with Crippen LogP contribution in [0.5, 0.6) is 0 Å². The minimum atomic E-state index is -0.325. The van der Waals surface area contributed by atoms with E-state index in [2.05, 4.69) is 67.9 Å². The van der Waals surface area contributed by atoms with Crippen molar-refractivity contribution in [2.75, 3.05) is 12.4 Å². The summed E-state index contributed by atoms with van der Waals surface area (Å²) in [6, 6.07) is 4.64. The number of anilines is 1. The number of hydrogen-bond acceptors (Lipinski definition) is 3. The average Bonchev–Trinajstić information content (AvgIpc) is 2.36. The van der Waals surface area contributed by atoms with Gasteiger partial charge < -0.3 is 5.32 Å². The highest BCUT2D eigenvalue weighted by Gasteiger charge is 2.23. The molecule has 0 saturated heterocycles. The van der Waals surface area contributed by atoms with Crippen LogP contribution in [0.1, 0.15) is 26.5 Å². The van der Waals surface area contributed by atoms with Crippen LogP contribution in [0.3, 0.4) is 0 Å². The summed E-state index contributed by atoms with van der Waals surface area (Å²) in [6.07, 6.45) is 0. The van der Waals surface area contributed by atoms with E-state index in [1.54, 1.807) is 13.1 Å². The molecule has 2 rings (SSSR count). The highest BCUT2D eigenvalue weighted by atomic mass is 79.9. The molecule has 0 aliphatic carbocycles. The lowest BCUT2D eigenvalue weighted by molar-refractivity contribution is 0.564. The Morgan fingerprint density at radius 2 is 1.76 bits per heavy atom. The maximum Gasteiger partial charge on any atom is 0.162 e. The summed E-state index contributed by atoms with van der Waals surface area (Å²) >= 11 is 6.84. The van der Waals surface area contributed by atoms with Gasteiger partial charge in [-0.15, -0.1) is 0 Å². The standard InChI is InChI=1S/C15H16Br2FN3/c1-15(2,3)12-11(17)14(19-4)21-13(20-12)8-5-9(16)7-10(18)6-8/h5-7H,1-4H3,(H,19,20,21). The Kier molecular flexibility index (Phi) is 4.68. The fraction of sp³-hybridized carbons (Fsp3) is 0.333. The van der Waals surface area contributed by atoms with E-state index in [1.165, 1.54) is 12.1 Å². The molecule has 0 aliphatic heterocycles. The minimum Gasteiger partial charge on any atom is -0.372 e. The molecule has 0 atom stereocenters. The van der Waals surface area contributed by atoms with Crippen LogP contribution >= 0.6 is 31.9 Å². The van der Waals surface area contributed by atoms with Crippen molar-refractivity contribution in [1.29, 1.82) is 0 Å². The van der Waals surface area contributed by atoms with E-state index < -0.39 is 0 Å². The summed E-state index contributed by atoms with van der Waals surface area (Å²) in [7, 11) is 1.80. The average molecular weight is 417 g/mol. The van der Waals surface area contributed by atoms with Crippen LogP contribution in [0.2, 0.25) is 0 Å². The molecule has 0 spiro atoms. The van der Waals surface area contributed by atoms with Crippen LogP contribution in [0.15, 0.2) is 27.1 Å². The normalized spacial score (nSPS) is 11.6. The first kappa shape index (κ1) is 16.4. The maximum absolute atomic E-state index is 13.6. The van der Waals surface area contributed by atoms with Crippen LogP contribution in [-0.2, 0) is 5.41 Å². The largest absolute Gasteiger partial charge is 0.372 e. The Hall–Kier alpha value is -1.01. The van der Waals surface area contributed by atoms with Crippen LogP contribution in [0.4, 0.5) is 10.2 Å². The van der Waals surface area contributed by atoms with Crippen molar-refractivity contribution >= 4 is 37.7 Å². The molecule has 21 heavy (non-hydrogen) atoms. The van der Waals surface area contributed by atoms with E-state index in [0.717, 1.165) is 10.2 Å². The topological polar surface area (TPSA) is 37.8 Å². The quantitative estimate of drug-likeness (QED) is 0.735. The minimum absolute atomic E-state index is 0.160. The zero-order valence-electron chi connectivity index (χ0n) is 12.3. The third-order valence-corrected chi connectivity index (χ3v) is 4.13. The molecule has 0 saturated carbocycles. The van der Waals surface area contributed by atoms with Gasteiger partial charge in [-0.05, 0) is 34.1 Å². The SMILES string of the molecule is CNc1nc(-c2cc(F)cc(Br)c2)nc(C(C)(C)C)c1Br. The van der Waals surface area contributed by atoms with Gasteiger partial charge in [0.2, 0.25) is 0 Å². The molecule has 0 aliphatic rings. The van der Waals surface area contributed by atoms with Gasteiger partial charge in [-0.2, -0.15) is 0 Å². The Morgan fingerprint density at radius 1 is 1.10 bits per heavy atom. The predicted octanol–water partition coefficient (Wildman–Crippen LogP) is 5.15. The molecule has 1 aromatic heterocycles. The second-order valence-corrected chi connectivity index (χ2v) is 7.43. The molecule has 0 radical (unpaired) electrons. The van der Waals surface area contributed by atoms with E-state index in [-0.39, 0.29) is 11.2 Å². The zero-order chi connectivity index (χ0) is 15.8. The van der Waals surface area contributed by atoms with E-state index in [0.29, 0.717) is 21.7 Å². The predicted molar refractivity (Wildman–Crippen MR) is 91.1 cm³/mol. The van der Waals surface area contributed by atoms with Crippen molar-refractivity contribution in [1.82, 2.24) is 9.97 Å². The van der Waals surface area contributed by atoms with Gasteiger partial charge in [-0.1, -0.05) is 36.7 Å². The molecular formula is C15H16Br2FN3. The number of hydrogen-bond donors (Lipinski definition) is 1. The summed E-state index contributed by atoms with van der Waals surface area (Å²) in [5.41, 5.74) is 1.35. The molecule has 0 unspecified atom stereocenters. The summed E-state index contributed by atoms with van der Waals surface area (Å²) < 4.78 is 15.1. The Bertz CT molecular complexity index is 661.